The van der Waals surface area contributed by atoms with Crippen LogP contribution < -0.4 is 4.72 Å². The molecule has 0 heterocycles. The highest BCUT2D eigenvalue weighted by Gasteiger charge is 2.35. The first-order valence-electron chi connectivity index (χ1n) is 7.27. The Balaban J connectivity index is 1.90. The molecule has 23 heavy (non-hydrogen) atoms. The van der Waals surface area contributed by atoms with Crippen molar-refractivity contribution in [2.45, 2.75) is 23.8 Å². The van der Waals surface area contributed by atoms with Gasteiger partial charge in [0.15, 0.2) is 0 Å². The Morgan fingerprint density at radius 2 is 1.87 bits per heavy atom. The van der Waals surface area contributed by atoms with E-state index >= 15 is 0 Å². The van der Waals surface area contributed by atoms with Crippen LogP contribution in [-0.4, -0.2) is 8.42 Å². The van der Waals surface area contributed by atoms with Gasteiger partial charge in [-0.05, 0) is 54.7 Å². The van der Waals surface area contributed by atoms with E-state index in [1.54, 1.807) is 24.3 Å². The maximum Gasteiger partial charge on any atom is 0.241 e. The number of nitrogens with zero attached hydrogens (tertiary/aromatic N) is 1. The van der Waals surface area contributed by atoms with Crippen molar-refractivity contribution < 1.29 is 8.42 Å². The molecule has 1 aliphatic rings. The molecule has 1 fully saturated rings. The van der Waals surface area contributed by atoms with Gasteiger partial charge >= 0.3 is 0 Å². The molecule has 1 unspecified atom stereocenters. The summed E-state index contributed by atoms with van der Waals surface area (Å²) in [7, 11) is -3.69. The van der Waals surface area contributed by atoms with Crippen LogP contribution in [0.2, 0.25) is 5.02 Å². The van der Waals surface area contributed by atoms with Crippen LogP contribution in [0.3, 0.4) is 0 Å². The van der Waals surface area contributed by atoms with Gasteiger partial charge in [0.1, 0.15) is 0 Å². The van der Waals surface area contributed by atoms with E-state index in [1.165, 1.54) is 12.1 Å². The van der Waals surface area contributed by atoms with E-state index in [4.69, 9.17) is 16.9 Å². The smallest absolute Gasteiger partial charge is 0.207 e. The van der Waals surface area contributed by atoms with Gasteiger partial charge < -0.3 is 0 Å². The van der Waals surface area contributed by atoms with E-state index in [0.717, 1.165) is 18.4 Å². The van der Waals surface area contributed by atoms with Crippen LogP contribution in [-0.2, 0) is 10.0 Å². The lowest BCUT2D eigenvalue weighted by atomic mass is 10.0. The number of nitrogens with one attached hydrogen (secondary N) is 1. The molecule has 3 rings (SSSR count). The minimum absolute atomic E-state index is 0.108. The molecule has 4 nitrogen and oxygen atoms in total. The molecule has 1 aliphatic carbocycles. The fourth-order valence-electron chi connectivity index (χ4n) is 2.50. The normalized spacial score (nSPS) is 15.8. The molecule has 2 aromatic carbocycles. The molecule has 0 aliphatic heterocycles. The number of halogens is 1. The number of hydrogen-bond acceptors (Lipinski definition) is 3. The summed E-state index contributed by atoms with van der Waals surface area (Å²) >= 11 is 5.90. The van der Waals surface area contributed by atoms with Crippen molar-refractivity contribution in [3.8, 4) is 6.07 Å². The van der Waals surface area contributed by atoms with Crippen LogP contribution in [0, 0.1) is 17.2 Å². The fourth-order valence-corrected chi connectivity index (χ4v) is 3.97. The molecule has 6 heteroatoms. The Labute approximate surface area is 140 Å². The van der Waals surface area contributed by atoms with Gasteiger partial charge in [0.05, 0.1) is 16.5 Å². The summed E-state index contributed by atoms with van der Waals surface area (Å²) < 4.78 is 28.1. The quantitative estimate of drug-likeness (QED) is 0.898. The van der Waals surface area contributed by atoms with Crippen LogP contribution in [0.1, 0.15) is 30.0 Å². The SMILES string of the molecule is N#Cc1cccc(S(=O)(=O)NC(c2ccc(Cl)cc2)C2CC2)c1. The highest BCUT2D eigenvalue weighted by molar-refractivity contribution is 7.89. The Morgan fingerprint density at radius 3 is 2.48 bits per heavy atom. The standard InChI is InChI=1S/C17H15ClN2O2S/c18-15-8-6-14(7-9-15)17(13-4-5-13)20-23(21,22)16-3-1-2-12(10-16)11-19/h1-3,6-10,13,17,20H,4-5H2. The van der Waals surface area contributed by atoms with Crippen LogP contribution in [0.4, 0.5) is 0 Å². The van der Waals surface area contributed by atoms with Crippen molar-refractivity contribution in [2.24, 2.45) is 5.92 Å². The van der Waals surface area contributed by atoms with Crippen molar-refractivity contribution >= 4 is 21.6 Å². The van der Waals surface area contributed by atoms with Crippen LogP contribution in [0.25, 0.3) is 0 Å². The highest BCUT2D eigenvalue weighted by Crippen LogP contribution is 2.42. The summed E-state index contributed by atoms with van der Waals surface area (Å²) in [6, 6.07) is 14.9. The van der Waals surface area contributed by atoms with E-state index in [2.05, 4.69) is 4.72 Å². The van der Waals surface area contributed by atoms with E-state index in [0.29, 0.717) is 16.5 Å². The van der Waals surface area contributed by atoms with Crippen LogP contribution in [0.5, 0.6) is 0 Å². The van der Waals surface area contributed by atoms with Crippen molar-refractivity contribution in [3.05, 3.63) is 64.7 Å². The largest absolute Gasteiger partial charge is 0.241 e. The maximum absolute atomic E-state index is 12.6. The third-order valence-electron chi connectivity index (χ3n) is 3.88. The monoisotopic (exact) mass is 346 g/mol. The van der Waals surface area contributed by atoms with Crippen molar-refractivity contribution in [2.75, 3.05) is 0 Å². The predicted molar refractivity (Wildman–Crippen MR) is 88.4 cm³/mol. The van der Waals surface area contributed by atoms with Gasteiger partial charge in [0.25, 0.3) is 0 Å². The van der Waals surface area contributed by atoms with Crippen LogP contribution >= 0.6 is 11.6 Å². The maximum atomic E-state index is 12.6. The van der Waals surface area contributed by atoms with Crippen LogP contribution in [0.15, 0.2) is 53.4 Å². The molecule has 1 saturated carbocycles. The van der Waals surface area contributed by atoms with Gasteiger partial charge in [-0.1, -0.05) is 29.8 Å². The number of nitriles is 1. The molecule has 0 radical (unpaired) electrons. The van der Waals surface area contributed by atoms with E-state index in [9.17, 15) is 8.42 Å². The van der Waals surface area contributed by atoms with Gasteiger partial charge in [-0.2, -0.15) is 5.26 Å². The molecule has 1 N–H and O–H groups in total. The second-order valence-corrected chi connectivity index (χ2v) is 7.78. The first-order valence-corrected chi connectivity index (χ1v) is 9.14. The highest BCUT2D eigenvalue weighted by atomic mass is 35.5. The molecular formula is C17H15ClN2O2S. The minimum atomic E-state index is -3.69. The zero-order valence-corrected chi connectivity index (χ0v) is 13.8. The summed E-state index contributed by atoms with van der Waals surface area (Å²) in [4.78, 5) is 0.108. The minimum Gasteiger partial charge on any atom is -0.207 e. The lowest BCUT2D eigenvalue weighted by Crippen LogP contribution is -2.30. The zero-order valence-electron chi connectivity index (χ0n) is 12.2. The number of benzene rings is 2. The second kappa shape index (κ2) is 6.32. The summed E-state index contributed by atoms with van der Waals surface area (Å²) in [6.07, 6.45) is 1.99. The van der Waals surface area contributed by atoms with Gasteiger partial charge in [0, 0.05) is 11.1 Å². The summed E-state index contributed by atoms with van der Waals surface area (Å²) in [5.74, 6) is 0.296. The molecule has 0 amide bonds. The fraction of sp³-hybridized carbons (Fsp3) is 0.235. The molecule has 118 valence electrons. The lowest BCUT2D eigenvalue weighted by Gasteiger charge is -2.19. The average molecular weight is 347 g/mol. The van der Waals surface area contributed by atoms with E-state index in [-0.39, 0.29) is 10.9 Å². The number of hydrogen-bond donors (Lipinski definition) is 1. The summed E-state index contributed by atoms with van der Waals surface area (Å²) in [5, 5.41) is 9.55. The molecule has 0 bridgehead atoms. The molecule has 0 spiro atoms. The van der Waals surface area contributed by atoms with Crippen molar-refractivity contribution in [3.63, 3.8) is 0 Å². The van der Waals surface area contributed by atoms with E-state index in [1.807, 2.05) is 18.2 Å². The molecule has 0 aromatic heterocycles. The lowest BCUT2D eigenvalue weighted by molar-refractivity contribution is 0.529. The van der Waals surface area contributed by atoms with Gasteiger partial charge in [-0.15, -0.1) is 0 Å². The Morgan fingerprint density at radius 1 is 1.17 bits per heavy atom. The molecule has 2 aromatic rings. The van der Waals surface area contributed by atoms with Gasteiger partial charge in [0.2, 0.25) is 10.0 Å². The summed E-state index contributed by atoms with van der Waals surface area (Å²) in [6.45, 7) is 0. The topological polar surface area (TPSA) is 70.0 Å². The Kier molecular flexibility index (Phi) is 4.40. The van der Waals surface area contributed by atoms with Crippen molar-refractivity contribution in [1.82, 2.24) is 4.72 Å². The second-order valence-electron chi connectivity index (χ2n) is 5.63. The van der Waals surface area contributed by atoms with E-state index < -0.39 is 10.0 Å². The third-order valence-corrected chi connectivity index (χ3v) is 5.57. The molecular weight excluding hydrogens is 332 g/mol. The number of sulfonamides is 1. The average Bonchev–Trinajstić information content (AvgIpc) is 3.38. The first-order chi connectivity index (χ1) is 11.0. The molecule has 0 saturated heterocycles. The third kappa shape index (κ3) is 3.73. The van der Waals surface area contributed by atoms with Crippen molar-refractivity contribution in [1.29, 1.82) is 5.26 Å². The van der Waals surface area contributed by atoms with Gasteiger partial charge in [-0.3, -0.25) is 0 Å². The Hall–Kier alpha value is -1.87. The zero-order chi connectivity index (χ0) is 16.4. The Bertz CT molecular complexity index is 853. The number of rotatable bonds is 5. The summed E-state index contributed by atoms with van der Waals surface area (Å²) in [5.41, 5.74) is 1.22. The first kappa shape index (κ1) is 16.0. The van der Waals surface area contributed by atoms with Gasteiger partial charge in [-0.25, -0.2) is 13.1 Å². The molecule has 1 atom stereocenters. The predicted octanol–water partition coefficient (Wildman–Crippen LogP) is 3.64.